The largest absolute Gasteiger partial charge is 0.380 e. The molecular formula is C47H35N5. The molecule has 0 fully saturated rings. The molecule has 248 valence electrons. The van der Waals surface area contributed by atoms with E-state index >= 15 is 0 Å². The highest BCUT2D eigenvalue weighted by Crippen LogP contribution is 2.41. The second-order valence-corrected chi connectivity index (χ2v) is 14.2. The molecule has 3 aromatic heterocycles. The Balaban J connectivity index is 1.13. The fourth-order valence-corrected chi connectivity index (χ4v) is 8.81. The summed E-state index contributed by atoms with van der Waals surface area (Å²) >= 11 is 0. The Hall–Kier alpha value is -6.46. The summed E-state index contributed by atoms with van der Waals surface area (Å²) in [5.74, 6) is 0.694. The molecule has 1 aliphatic heterocycles. The number of hydrogen-bond acceptors (Lipinski definition) is 3. The summed E-state index contributed by atoms with van der Waals surface area (Å²) < 4.78 is 4.71. The van der Waals surface area contributed by atoms with E-state index in [0.717, 1.165) is 53.9 Å². The molecular weight excluding hydrogens is 635 g/mol. The number of aromatic nitrogens is 4. The van der Waals surface area contributed by atoms with Crippen LogP contribution in [0.15, 0.2) is 127 Å². The highest BCUT2D eigenvalue weighted by molar-refractivity contribution is 6.10. The minimum absolute atomic E-state index is 0.694. The van der Waals surface area contributed by atoms with Crippen molar-refractivity contribution >= 4 is 50.6 Å². The van der Waals surface area contributed by atoms with Crippen LogP contribution in [0.3, 0.4) is 0 Å². The van der Waals surface area contributed by atoms with Crippen LogP contribution in [-0.4, -0.2) is 25.6 Å². The van der Waals surface area contributed by atoms with Crippen LogP contribution in [0.2, 0.25) is 0 Å². The Morgan fingerprint density at radius 3 is 2.37 bits per heavy atom. The van der Waals surface area contributed by atoms with Crippen LogP contribution < -0.4 is 15.9 Å². The van der Waals surface area contributed by atoms with Gasteiger partial charge in [-0.25, -0.2) is 9.97 Å². The lowest BCUT2D eigenvalue weighted by Crippen LogP contribution is -2.30. The lowest BCUT2D eigenvalue weighted by molar-refractivity contribution is 0.930. The Labute approximate surface area is 301 Å². The van der Waals surface area contributed by atoms with Crippen molar-refractivity contribution in [3.05, 3.63) is 160 Å². The molecule has 0 amide bonds. The van der Waals surface area contributed by atoms with Gasteiger partial charge in [-0.3, -0.25) is 4.57 Å². The maximum absolute atomic E-state index is 5.37. The Morgan fingerprint density at radius 1 is 0.673 bits per heavy atom. The van der Waals surface area contributed by atoms with E-state index in [2.05, 4.69) is 161 Å². The monoisotopic (exact) mass is 669 g/mol. The van der Waals surface area contributed by atoms with E-state index in [9.17, 15) is 0 Å². The van der Waals surface area contributed by atoms with Gasteiger partial charge in [-0.2, -0.15) is 0 Å². The van der Waals surface area contributed by atoms with Crippen molar-refractivity contribution in [2.45, 2.75) is 26.2 Å². The first-order valence-corrected chi connectivity index (χ1v) is 18.3. The molecule has 0 atom stereocenters. The van der Waals surface area contributed by atoms with Gasteiger partial charge in [0, 0.05) is 56.5 Å². The number of hydrogen-bond donors (Lipinski definition) is 1. The Kier molecular flexibility index (Phi) is 6.35. The minimum atomic E-state index is 0.694. The van der Waals surface area contributed by atoms with Crippen LogP contribution in [0.1, 0.15) is 35.2 Å². The Morgan fingerprint density at radius 2 is 1.46 bits per heavy atom. The molecule has 0 saturated carbocycles. The summed E-state index contributed by atoms with van der Waals surface area (Å²) in [6, 6.07) is 39.8. The van der Waals surface area contributed by atoms with E-state index in [-0.39, 0.29) is 0 Å². The topological polar surface area (TPSA) is 47.7 Å². The number of rotatable bonds is 4. The number of nitrogens with zero attached hydrogens (tertiary/aromatic N) is 4. The molecule has 0 unspecified atom stereocenters. The summed E-state index contributed by atoms with van der Waals surface area (Å²) in [5, 5.41) is 9.92. The van der Waals surface area contributed by atoms with Crippen LogP contribution in [0.25, 0.3) is 84.6 Å². The third-order valence-corrected chi connectivity index (χ3v) is 11.1. The first-order valence-electron chi connectivity index (χ1n) is 18.3. The first-order chi connectivity index (χ1) is 25.7. The van der Waals surface area contributed by atoms with E-state index in [4.69, 9.17) is 9.97 Å². The summed E-state index contributed by atoms with van der Waals surface area (Å²) in [5.41, 5.74) is 15.1. The smallest absolute Gasteiger partial charge is 0.235 e. The summed E-state index contributed by atoms with van der Waals surface area (Å²) in [4.78, 5) is 10.7. The van der Waals surface area contributed by atoms with Crippen molar-refractivity contribution in [2.75, 3.05) is 6.54 Å². The van der Waals surface area contributed by atoms with Crippen LogP contribution in [-0.2, 0) is 6.42 Å². The summed E-state index contributed by atoms with van der Waals surface area (Å²) in [6.45, 7) is 3.04. The van der Waals surface area contributed by atoms with Crippen LogP contribution in [0.5, 0.6) is 0 Å². The van der Waals surface area contributed by atoms with Gasteiger partial charge in [0.1, 0.15) is 0 Å². The fourth-order valence-electron chi connectivity index (χ4n) is 8.81. The van der Waals surface area contributed by atoms with E-state index < -0.39 is 0 Å². The van der Waals surface area contributed by atoms with Crippen LogP contribution in [0, 0.1) is 6.92 Å². The maximum Gasteiger partial charge on any atom is 0.235 e. The van der Waals surface area contributed by atoms with Gasteiger partial charge in [-0.05, 0) is 90.6 Å². The van der Waals surface area contributed by atoms with Crippen molar-refractivity contribution in [2.24, 2.45) is 0 Å². The van der Waals surface area contributed by atoms with Gasteiger partial charge in [-0.1, -0.05) is 91.0 Å². The zero-order valence-electron chi connectivity index (χ0n) is 28.9. The minimum Gasteiger partial charge on any atom is -0.380 e. The van der Waals surface area contributed by atoms with Crippen molar-refractivity contribution in [3.8, 4) is 34.0 Å². The standard InChI is InChI=1S/C47H35N5/c1-29-25-32(28-38-36-18-8-9-20-41(36)51(46(29)38)33-14-3-2-4-15-33)30-22-23-43-37(26-30)35-17-7-10-21-42(35)52(43)47-49-44-34-16-6-5-13-31(34)27-39(44)45(50-47)40-19-11-12-24-48-40/h2-7,10-23,25-26,28,48H,8-9,24,27H2,1H3. The van der Waals surface area contributed by atoms with E-state index in [1.807, 2.05) is 0 Å². The number of nitrogens with one attached hydrogen (secondary N) is 1. The lowest BCUT2D eigenvalue weighted by atomic mass is 9.98. The molecule has 1 N–H and O–H groups in total. The number of benzene rings is 5. The predicted molar refractivity (Wildman–Crippen MR) is 214 cm³/mol. The van der Waals surface area contributed by atoms with Crippen LogP contribution >= 0.6 is 0 Å². The van der Waals surface area contributed by atoms with Gasteiger partial charge in [0.05, 0.1) is 33.6 Å². The number of para-hydroxylation sites is 2. The zero-order valence-corrected chi connectivity index (χ0v) is 28.9. The SMILES string of the molecule is Cc1cc(-c2ccc3c(c2)c2ccccc2n3-c2nc(C3=CC=CCN3)c3c(n2)-c2ccccc2C3)cc2c3c(n(-c4ccccc4)c12)=CCCC=3. The van der Waals surface area contributed by atoms with Crippen molar-refractivity contribution < 1.29 is 0 Å². The number of allylic oxidation sites excluding steroid dienone is 2. The normalized spacial score (nSPS) is 14.4. The first kappa shape index (κ1) is 29.3. The number of aryl methyl sites for hydroxylation is 1. The molecule has 5 heteroatoms. The van der Waals surface area contributed by atoms with Crippen molar-refractivity contribution in [1.29, 1.82) is 0 Å². The fraction of sp³-hybridized carbons (Fsp3) is 0.106. The molecule has 0 radical (unpaired) electrons. The zero-order chi connectivity index (χ0) is 34.3. The van der Waals surface area contributed by atoms with Gasteiger partial charge in [-0.15, -0.1) is 0 Å². The van der Waals surface area contributed by atoms with Crippen molar-refractivity contribution in [1.82, 2.24) is 24.4 Å². The highest BCUT2D eigenvalue weighted by atomic mass is 15.2. The average molecular weight is 670 g/mol. The molecule has 2 aliphatic carbocycles. The van der Waals surface area contributed by atoms with Gasteiger partial charge in [0.15, 0.2) is 0 Å². The molecule has 11 rings (SSSR count). The molecule has 0 bridgehead atoms. The maximum atomic E-state index is 5.37. The molecule has 4 heterocycles. The van der Waals surface area contributed by atoms with Gasteiger partial charge in [0.2, 0.25) is 5.95 Å². The average Bonchev–Trinajstić information content (AvgIpc) is 3.86. The summed E-state index contributed by atoms with van der Waals surface area (Å²) in [7, 11) is 0. The molecule has 8 aromatic rings. The molecule has 5 nitrogen and oxygen atoms in total. The third kappa shape index (κ3) is 4.29. The van der Waals surface area contributed by atoms with Crippen LogP contribution in [0.4, 0.5) is 0 Å². The number of fused-ring (bicyclic) bond motifs is 9. The second kappa shape index (κ2) is 11.3. The predicted octanol–water partition coefficient (Wildman–Crippen LogP) is 8.92. The molecule has 0 saturated heterocycles. The van der Waals surface area contributed by atoms with Crippen molar-refractivity contribution in [3.63, 3.8) is 0 Å². The molecule has 5 aromatic carbocycles. The van der Waals surface area contributed by atoms with E-state index in [1.165, 1.54) is 71.3 Å². The number of dihydropyridines is 1. The lowest BCUT2D eigenvalue weighted by Gasteiger charge is -2.17. The third-order valence-electron chi connectivity index (χ3n) is 11.1. The molecule has 3 aliphatic rings. The summed E-state index contributed by atoms with van der Waals surface area (Å²) in [6.07, 6.45) is 14.2. The molecule has 0 spiro atoms. The van der Waals surface area contributed by atoms with Gasteiger partial charge < -0.3 is 9.88 Å². The van der Waals surface area contributed by atoms with Gasteiger partial charge >= 0.3 is 0 Å². The van der Waals surface area contributed by atoms with Gasteiger partial charge in [0.25, 0.3) is 0 Å². The van der Waals surface area contributed by atoms with E-state index in [0.29, 0.717) is 5.95 Å². The highest BCUT2D eigenvalue weighted by Gasteiger charge is 2.28. The van der Waals surface area contributed by atoms with E-state index in [1.54, 1.807) is 0 Å². The Bertz CT molecular complexity index is 2990. The second-order valence-electron chi connectivity index (χ2n) is 14.2. The molecule has 52 heavy (non-hydrogen) atoms. The quantitative estimate of drug-likeness (QED) is 0.204.